The van der Waals surface area contributed by atoms with Crippen molar-refractivity contribution in [2.75, 3.05) is 5.32 Å². The van der Waals surface area contributed by atoms with Gasteiger partial charge in [-0.25, -0.2) is 4.79 Å². The highest BCUT2D eigenvalue weighted by atomic mass is 32.1. The molecule has 0 aliphatic carbocycles. The van der Waals surface area contributed by atoms with Gasteiger partial charge in [0.15, 0.2) is 0 Å². The Bertz CT molecular complexity index is 747. The molecule has 0 saturated carbocycles. The zero-order valence-electron chi connectivity index (χ0n) is 9.64. The van der Waals surface area contributed by atoms with Crippen LogP contribution in [0, 0.1) is 6.92 Å². The molecular weight excluding hydrogens is 248 g/mol. The Balaban J connectivity index is 2.05. The third-order valence-corrected chi connectivity index (χ3v) is 3.42. The summed E-state index contributed by atoms with van der Waals surface area (Å²) in [4.78, 5) is 17.8. The Kier molecular flexibility index (Phi) is 2.60. The zero-order valence-corrected chi connectivity index (χ0v) is 10.5. The Hall–Kier alpha value is -2.14. The molecule has 0 amide bonds. The fraction of sp³-hybridized carbons (Fsp3) is 0.0769. The normalized spacial score (nSPS) is 10.7. The van der Waals surface area contributed by atoms with Crippen molar-refractivity contribution >= 4 is 33.3 Å². The molecule has 0 fully saturated rings. The van der Waals surface area contributed by atoms with Crippen molar-refractivity contribution < 1.29 is 4.42 Å². The largest absolute Gasteiger partial charge is 0.388 e. The Morgan fingerprint density at radius 1 is 1.28 bits per heavy atom. The fourth-order valence-electron chi connectivity index (χ4n) is 1.69. The molecule has 4 nitrogen and oxygen atoms in total. The van der Waals surface area contributed by atoms with Gasteiger partial charge in [0.1, 0.15) is 4.83 Å². The molecule has 0 unspecified atom stereocenters. The molecule has 0 aliphatic heterocycles. The van der Waals surface area contributed by atoms with E-state index >= 15 is 0 Å². The van der Waals surface area contributed by atoms with Gasteiger partial charge in [-0.2, -0.15) is 4.98 Å². The molecule has 0 bridgehead atoms. The van der Waals surface area contributed by atoms with Gasteiger partial charge in [0.05, 0.1) is 5.39 Å². The standard InChI is InChI=1S/C13H10N2O2S/c1-8-7-10-11(18-8)15-13(17-12(10)16)14-9-5-3-2-4-6-9/h2-7H,1H3,(H,14,15). The van der Waals surface area contributed by atoms with Crippen LogP contribution in [0.4, 0.5) is 11.7 Å². The molecule has 3 aromatic rings. The maximum absolute atomic E-state index is 11.8. The van der Waals surface area contributed by atoms with Crippen LogP contribution in [-0.2, 0) is 0 Å². The van der Waals surface area contributed by atoms with Crippen molar-refractivity contribution in [1.29, 1.82) is 0 Å². The Morgan fingerprint density at radius 3 is 2.83 bits per heavy atom. The number of hydrogen-bond donors (Lipinski definition) is 1. The van der Waals surface area contributed by atoms with Crippen LogP contribution in [-0.4, -0.2) is 4.98 Å². The van der Waals surface area contributed by atoms with E-state index in [1.807, 2.05) is 37.3 Å². The van der Waals surface area contributed by atoms with Crippen molar-refractivity contribution in [2.45, 2.75) is 6.92 Å². The monoisotopic (exact) mass is 258 g/mol. The maximum atomic E-state index is 11.8. The minimum absolute atomic E-state index is 0.223. The second-order valence-electron chi connectivity index (χ2n) is 3.87. The summed E-state index contributed by atoms with van der Waals surface area (Å²) in [6.07, 6.45) is 0. The van der Waals surface area contributed by atoms with Crippen molar-refractivity contribution in [3.05, 3.63) is 51.7 Å². The first-order valence-corrected chi connectivity index (χ1v) is 6.27. The van der Waals surface area contributed by atoms with Gasteiger partial charge in [-0.15, -0.1) is 11.3 Å². The predicted molar refractivity (Wildman–Crippen MR) is 72.6 cm³/mol. The summed E-state index contributed by atoms with van der Waals surface area (Å²) in [5.74, 6) is 0. The topological polar surface area (TPSA) is 55.1 Å². The molecule has 0 atom stereocenters. The van der Waals surface area contributed by atoms with Crippen LogP contribution in [0.1, 0.15) is 4.88 Å². The predicted octanol–water partition coefficient (Wildman–Crippen LogP) is 3.30. The molecular formula is C13H10N2O2S. The van der Waals surface area contributed by atoms with E-state index in [-0.39, 0.29) is 11.6 Å². The van der Waals surface area contributed by atoms with Crippen molar-refractivity contribution in [3.63, 3.8) is 0 Å². The van der Waals surface area contributed by atoms with Crippen molar-refractivity contribution in [2.24, 2.45) is 0 Å². The minimum atomic E-state index is -0.359. The van der Waals surface area contributed by atoms with E-state index in [0.717, 1.165) is 10.6 Å². The molecule has 0 saturated heterocycles. The van der Waals surface area contributed by atoms with E-state index in [1.165, 1.54) is 11.3 Å². The number of nitrogens with zero attached hydrogens (tertiary/aromatic N) is 1. The van der Waals surface area contributed by atoms with Gasteiger partial charge in [-0.1, -0.05) is 18.2 Å². The zero-order chi connectivity index (χ0) is 12.5. The second kappa shape index (κ2) is 4.27. The lowest BCUT2D eigenvalue weighted by Gasteiger charge is -2.02. The lowest BCUT2D eigenvalue weighted by Crippen LogP contribution is -2.03. The highest BCUT2D eigenvalue weighted by Crippen LogP contribution is 2.22. The number of rotatable bonds is 2. The van der Waals surface area contributed by atoms with Crippen LogP contribution >= 0.6 is 11.3 Å². The summed E-state index contributed by atoms with van der Waals surface area (Å²) in [7, 11) is 0. The molecule has 0 aliphatic rings. The number of para-hydroxylation sites is 1. The first kappa shape index (κ1) is 11.0. The number of hydrogen-bond acceptors (Lipinski definition) is 5. The lowest BCUT2D eigenvalue weighted by molar-refractivity contribution is 0.522. The van der Waals surface area contributed by atoms with Gasteiger partial charge >= 0.3 is 11.6 Å². The smallest absolute Gasteiger partial charge is 0.349 e. The lowest BCUT2D eigenvalue weighted by atomic mass is 10.3. The van der Waals surface area contributed by atoms with E-state index in [1.54, 1.807) is 6.07 Å². The number of nitrogens with one attached hydrogen (secondary N) is 1. The summed E-state index contributed by atoms with van der Waals surface area (Å²) in [6.45, 7) is 1.94. The molecule has 1 N–H and O–H groups in total. The quantitative estimate of drug-likeness (QED) is 0.766. The summed E-state index contributed by atoms with van der Waals surface area (Å²) in [5, 5.41) is 3.51. The molecule has 0 spiro atoms. The maximum Gasteiger partial charge on any atom is 0.349 e. The molecule has 2 heterocycles. The number of aromatic nitrogens is 1. The van der Waals surface area contributed by atoms with Gasteiger partial charge in [0.25, 0.3) is 0 Å². The van der Waals surface area contributed by atoms with E-state index < -0.39 is 0 Å². The van der Waals surface area contributed by atoms with Gasteiger partial charge < -0.3 is 9.73 Å². The van der Waals surface area contributed by atoms with E-state index in [2.05, 4.69) is 10.3 Å². The van der Waals surface area contributed by atoms with Crippen LogP contribution in [0.15, 0.2) is 45.6 Å². The SMILES string of the molecule is Cc1cc2c(=O)oc(Nc3ccccc3)nc2s1. The number of anilines is 2. The molecule has 18 heavy (non-hydrogen) atoms. The fourth-order valence-corrected chi connectivity index (χ4v) is 2.55. The first-order chi connectivity index (χ1) is 8.72. The van der Waals surface area contributed by atoms with Gasteiger partial charge in [-0.3, -0.25) is 0 Å². The van der Waals surface area contributed by atoms with E-state index in [9.17, 15) is 4.79 Å². The molecule has 1 aromatic carbocycles. The number of benzene rings is 1. The molecule has 0 radical (unpaired) electrons. The van der Waals surface area contributed by atoms with Gasteiger partial charge in [0.2, 0.25) is 0 Å². The third-order valence-electron chi connectivity index (χ3n) is 2.47. The summed E-state index contributed by atoms with van der Waals surface area (Å²) < 4.78 is 5.14. The van der Waals surface area contributed by atoms with Crippen LogP contribution in [0.25, 0.3) is 10.2 Å². The highest BCUT2D eigenvalue weighted by molar-refractivity contribution is 7.18. The van der Waals surface area contributed by atoms with Crippen LogP contribution < -0.4 is 10.9 Å². The van der Waals surface area contributed by atoms with E-state index in [0.29, 0.717) is 10.2 Å². The summed E-state index contributed by atoms with van der Waals surface area (Å²) in [6, 6.07) is 11.5. The minimum Gasteiger partial charge on any atom is -0.388 e. The van der Waals surface area contributed by atoms with Crippen molar-refractivity contribution in [3.8, 4) is 0 Å². The third kappa shape index (κ3) is 2.00. The number of fused-ring (bicyclic) bond motifs is 1. The average Bonchev–Trinajstić information content (AvgIpc) is 2.72. The van der Waals surface area contributed by atoms with Crippen LogP contribution in [0.5, 0.6) is 0 Å². The Labute approximate surface area is 107 Å². The number of aryl methyl sites for hydroxylation is 1. The second-order valence-corrected chi connectivity index (χ2v) is 5.11. The highest BCUT2D eigenvalue weighted by Gasteiger charge is 2.09. The number of thiophene rings is 1. The van der Waals surface area contributed by atoms with Gasteiger partial charge in [0, 0.05) is 10.6 Å². The Morgan fingerprint density at radius 2 is 2.06 bits per heavy atom. The van der Waals surface area contributed by atoms with Gasteiger partial charge in [-0.05, 0) is 25.1 Å². The molecule has 90 valence electrons. The molecule has 2 aromatic heterocycles. The first-order valence-electron chi connectivity index (χ1n) is 5.46. The molecule has 3 rings (SSSR count). The van der Waals surface area contributed by atoms with Crippen LogP contribution in [0.3, 0.4) is 0 Å². The van der Waals surface area contributed by atoms with Crippen molar-refractivity contribution in [1.82, 2.24) is 4.98 Å². The summed E-state index contributed by atoms with van der Waals surface area (Å²) in [5.41, 5.74) is 0.476. The van der Waals surface area contributed by atoms with E-state index in [4.69, 9.17) is 4.42 Å². The average molecular weight is 258 g/mol. The van der Waals surface area contributed by atoms with Crippen LogP contribution in [0.2, 0.25) is 0 Å². The molecule has 5 heteroatoms. The summed E-state index contributed by atoms with van der Waals surface area (Å²) >= 11 is 1.48.